The van der Waals surface area contributed by atoms with Crippen LogP contribution in [0.2, 0.25) is 0 Å². The summed E-state index contributed by atoms with van der Waals surface area (Å²) in [4.78, 5) is 22.7. The molecule has 0 aliphatic rings. The second-order valence-electron chi connectivity index (χ2n) is 5.56. The lowest BCUT2D eigenvalue weighted by molar-refractivity contribution is -0.384. The Hall–Kier alpha value is -2.92. The summed E-state index contributed by atoms with van der Waals surface area (Å²) < 4.78 is 16.6. The second kappa shape index (κ2) is 9.52. The van der Waals surface area contributed by atoms with Crippen molar-refractivity contribution in [3.05, 3.63) is 68.5 Å². The maximum absolute atomic E-state index is 12.4. The summed E-state index contributed by atoms with van der Waals surface area (Å²) in [5.74, 6) is 1.17. The van der Waals surface area contributed by atoms with Gasteiger partial charge in [-0.2, -0.15) is 0 Å². The normalized spacial score (nSPS) is 10.6. The van der Waals surface area contributed by atoms with Gasteiger partial charge >= 0.3 is 0 Å². The highest BCUT2D eigenvalue weighted by atomic mass is 79.9. The number of hydrogen-bond donors (Lipinski definition) is 0. The number of halogens is 1. The van der Waals surface area contributed by atoms with Crippen molar-refractivity contribution in [2.24, 2.45) is 0 Å². The zero-order chi connectivity index (χ0) is 20.8. The fourth-order valence-corrected chi connectivity index (χ4v) is 3.37. The molecule has 2 aromatic carbocycles. The molecule has 1 heterocycles. The zero-order valence-corrected chi connectivity index (χ0v) is 17.4. The SMILES string of the molecule is COc1cccc(OCc2nnc(SCC(=O)c3cc([N+](=O)[O-])ccc3Br)o2)c1. The first-order valence-electron chi connectivity index (χ1n) is 8.15. The Morgan fingerprint density at radius 1 is 1.24 bits per heavy atom. The van der Waals surface area contributed by atoms with Crippen LogP contribution in [0.1, 0.15) is 16.2 Å². The molecule has 0 amide bonds. The van der Waals surface area contributed by atoms with E-state index in [4.69, 9.17) is 13.9 Å². The van der Waals surface area contributed by atoms with Crippen LogP contribution in [0, 0.1) is 10.1 Å². The number of nitro groups is 1. The molecular weight excluding hydrogens is 466 g/mol. The summed E-state index contributed by atoms with van der Waals surface area (Å²) in [7, 11) is 1.56. The summed E-state index contributed by atoms with van der Waals surface area (Å²) >= 11 is 4.27. The number of carbonyl (C=O) groups is 1. The molecule has 0 bridgehead atoms. The smallest absolute Gasteiger partial charge is 0.277 e. The summed E-state index contributed by atoms with van der Waals surface area (Å²) in [5, 5.41) is 18.8. The number of methoxy groups -OCH3 is 1. The van der Waals surface area contributed by atoms with Gasteiger partial charge in [-0.1, -0.05) is 33.8 Å². The Morgan fingerprint density at radius 2 is 2.03 bits per heavy atom. The van der Waals surface area contributed by atoms with Crippen molar-refractivity contribution in [1.82, 2.24) is 10.2 Å². The number of rotatable bonds is 9. The van der Waals surface area contributed by atoms with E-state index in [0.717, 1.165) is 11.8 Å². The standard InChI is InChI=1S/C18H14BrN3O6S/c1-26-12-3-2-4-13(8-12)27-9-17-20-21-18(28-17)29-10-16(23)14-7-11(22(24)25)5-6-15(14)19/h2-8H,9-10H2,1H3. The first-order chi connectivity index (χ1) is 14.0. The van der Waals surface area contributed by atoms with Crippen LogP contribution in [0.5, 0.6) is 11.5 Å². The van der Waals surface area contributed by atoms with Crippen LogP contribution in [0.4, 0.5) is 5.69 Å². The van der Waals surface area contributed by atoms with Gasteiger partial charge in [-0.15, -0.1) is 10.2 Å². The molecule has 3 rings (SSSR count). The van der Waals surface area contributed by atoms with Crippen LogP contribution in [0.15, 0.2) is 56.6 Å². The van der Waals surface area contributed by atoms with E-state index in [1.807, 2.05) is 0 Å². The molecule has 3 aromatic rings. The van der Waals surface area contributed by atoms with Crippen molar-refractivity contribution < 1.29 is 23.6 Å². The molecule has 0 atom stereocenters. The third kappa shape index (κ3) is 5.55. The van der Waals surface area contributed by atoms with Gasteiger partial charge < -0.3 is 13.9 Å². The predicted molar refractivity (Wildman–Crippen MR) is 107 cm³/mol. The first-order valence-corrected chi connectivity index (χ1v) is 9.93. The number of Topliss-reactive ketones (excluding diaryl/α,β-unsaturated/α-hetero) is 1. The highest BCUT2D eigenvalue weighted by Gasteiger charge is 2.17. The lowest BCUT2D eigenvalue weighted by Gasteiger charge is -2.05. The lowest BCUT2D eigenvalue weighted by Crippen LogP contribution is -2.04. The third-order valence-corrected chi connectivity index (χ3v) is 5.15. The van der Waals surface area contributed by atoms with Gasteiger partial charge in [-0.3, -0.25) is 14.9 Å². The van der Waals surface area contributed by atoms with Gasteiger partial charge in [0.25, 0.3) is 16.8 Å². The Labute approximate surface area is 177 Å². The van der Waals surface area contributed by atoms with Gasteiger partial charge in [0.1, 0.15) is 11.5 Å². The maximum Gasteiger partial charge on any atom is 0.277 e. The molecule has 0 saturated heterocycles. The number of hydrogen-bond acceptors (Lipinski definition) is 9. The van der Waals surface area contributed by atoms with Gasteiger partial charge in [-0.05, 0) is 18.2 Å². The predicted octanol–water partition coefficient (Wildman–Crippen LogP) is 4.30. The minimum Gasteiger partial charge on any atom is -0.497 e. The van der Waals surface area contributed by atoms with E-state index < -0.39 is 4.92 Å². The topological polar surface area (TPSA) is 118 Å². The number of carbonyl (C=O) groups excluding carboxylic acids is 1. The minimum absolute atomic E-state index is 0.0157. The van der Waals surface area contributed by atoms with E-state index in [1.54, 1.807) is 31.4 Å². The number of nitrogens with zero attached hydrogens (tertiary/aromatic N) is 3. The number of aromatic nitrogens is 2. The average Bonchev–Trinajstić information content (AvgIpc) is 3.18. The Balaban J connectivity index is 1.57. The molecule has 0 fully saturated rings. The van der Waals surface area contributed by atoms with Crippen molar-refractivity contribution in [1.29, 1.82) is 0 Å². The van der Waals surface area contributed by atoms with Crippen molar-refractivity contribution in [2.45, 2.75) is 11.8 Å². The summed E-state index contributed by atoms with van der Waals surface area (Å²) in [5.41, 5.74) is 0.0594. The van der Waals surface area contributed by atoms with Crippen LogP contribution in [0.25, 0.3) is 0 Å². The molecule has 11 heteroatoms. The van der Waals surface area contributed by atoms with Gasteiger partial charge in [0.15, 0.2) is 12.4 Å². The second-order valence-corrected chi connectivity index (χ2v) is 7.34. The molecule has 0 unspecified atom stereocenters. The zero-order valence-electron chi connectivity index (χ0n) is 15.0. The van der Waals surface area contributed by atoms with Crippen LogP contribution < -0.4 is 9.47 Å². The van der Waals surface area contributed by atoms with Crippen LogP contribution in [-0.4, -0.2) is 33.8 Å². The molecule has 150 valence electrons. The average molecular weight is 480 g/mol. The molecule has 29 heavy (non-hydrogen) atoms. The van der Waals surface area contributed by atoms with Crippen molar-refractivity contribution in [2.75, 3.05) is 12.9 Å². The number of nitro benzene ring substituents is 1. The summed E-state index contributed by atoms with van der Waals surface area (Å²) in [6, 6.07) is 11.1. The van der Waals surface area contributed by atoms with Gasteiger partial charge in [0, 0.05) is 28.2 Å². The number of non-ortho nitro benzene ring substituents is 1. The van der Waals surface area contributed by atoms with E-state index in [9.17, 15) is 14.9 Å². The molecule has 0 aliphatic heterocycles. The van der Waals surface area contributed by atoms with Gasteiger partial charge in [-0.25, -0.2) is 0 Å². The summed E-state index contributed by atoms with van der Waals surface area (Å²) in [6.45, 7) is 0.0606. The fourth-order valence-electron chi connectivity index (χ4n) is 2.24. The van der Waals surface area contributed by atoms with E-state index in [-0.39, 0.29) is 40.5 Å². The van der Waals surface area contributed by atoms with Crippen LogP contribution >= 0.6 is 27.7 Å². The van der Waals surface area contributed by atoms with E-state index in [2.05, 4.69) is 26.1 Å². The first kappa shape index (κ1) is 20.8. The Bertz CT molecular complexity index is 1040. The van der Waals surface area contributed by atoms with E-state index >= 15 is 0 Å². The highest BCUT2D eigenvalue weighted by molar-refractivity contribution is 9.10. The lowest BCUT2D eigenvalue weighted by atomic mass is 10.1. The van der Waals surface area contributed by atoms with Crippen LogP contribution in [0.3, 0.4) is 0 Å². The largest absolute Gasteiger partial charge is 0.497 e. The van der Waals surface area contributed by atoms with Crippen molar-refractivity contribution >= 4 is 39.2 Å². The fraction of sp³-hybridized carbons (Fsp3) is 0.167. The van der Waals surface area contributed by atoms with E-state index in [1.165, 1.54) is 18.2 Å². The minimum atomic E-state index is -0.553. The highest BCUT2D eigenvalue weighted by Crippen LogP contribution is 2.26. The monoisotopic (exact) mass is 479 g/mol. The molecule has 0 radical (unpaired) electrons. The molecule has 9 nitrogen and oxygen atoms in total. The molecule has 0 spiro atoms. The molecule has 0 saturated carbocycles. The molecular formula is C18H14BrN3O6S. The summed E-state index contributed by atoms with van der Waals surface area (Å²) in [6.07, 6.45) is 0. The number of benzene rings is 2. The van der Waals surface area contributed by atoms with Gasteiger partial charge in [0.05, 0.1) is 17.8 Å². The quantitative estimate of drug-likeness (QED) is 0.191. The number of ketones is 1. The third-order valence-electron chi connectivity index (χ3n) is 3.64. The Kier molecular flexibility index (Phi) is 6.83. The Morgan fingerprint density at radius 3 is 2.79 bits per heavy atom. The van der Waals surface area contributed by atoms with Crippen molar-refractivity contribution in [3.8, 4) is 11.5 Å². The van der Waals surface area contributed by atoms with Gasteiger partial charge in [0.2, 0.25) is 0 Å². The van der Waals surface area contributed by atoms with Crippen LogP contribution in [-0.2, 0) is 6.61 Å². The molecule has 1 aromatic heterocycles. The number of thioether (sulfide) groups is 1. The van der Waals surface area contributed by atoms with Crippen molar-refractivity contribution in [3.63, 3.8) is 0 Å². The molecule has 0 aliphatic carbocycles. The maximum atomic E-state index is 12.4. The molecule has 0 N–H and O–H groups in total. The van der Waals surface area contributed by atoms with E-state index in [0.29, 0.717) is 16.0 Å². The number of ether oxygens (including phenoxy) is 2.